The minimum Gasteiger partial charge on any atom is -0.472 e. The first-order valence-electron chi connectivity index (χ1n) is 8.11. The Morgan fingerprint density at radius 3 is 2.57 bits per heavy atom. The lowest BCUT2D eigenvalue weighted by Crippen LogP contribution is -2.18. The van der Waals surface area contributed by atoms with Gasteiger partial charge in [-0.15, -0.1) is 0 Å². The molecule has 1 heterocycles. The molecule has 1 rings (SSSR count). The Hall–Kier alpha value is -1.87. The van der Waals surface area contributed by atoms with Crippen LogP contribution in [0.15, 0.2) is 58.0 Å². The van der Waals surface area contributed by atoms with Crippen LogP contribution in [0.5, 0.6) is 0 Å². The Morgan fingerprint density at radius 1 is 1.22 bits per heavy atom. The first-order chi connectivity index (χ1) is 10.9. The molecule has 1 aromatic heterocycles. The van der Waals surface area contributed by atoms with E-state index < -0.39 is 6.10 Å². The van der Waals surface area contributed by atoms with E-state index in [1.54, 1.807) is 25.5 Å². The Morgan fingerprint density at radius 2 is 1.96 bits per heavy atom. The van der Waals surface area contributed by atoms with Crippen molar-refractivity contribution in [1.29, 1.82) is 0 Å². The van der Waals surface area contributed by atoms with E-state index in [-0.39, 0.29) is 5.78 Å². The fourth-order valence-electron chi connectivity index (χ4n) is 2.26. The van der Waals surface area contributed by atoms with Crippen LogP contribution in [0.3, 0.4) is 0 Å². The zero-order valence-corrected chi connectivity index (χ0v) is 14.6. The number of rotatable bonds is 9. The average molecular weight is 316 g/mol. The van der Waals surface area contributed by atoms with Gasteiger partial charge in [0, 0.05) is 0 Å². The lowest BCUT2D eigenvalue weighted by atomic mass is 10.0. The van der Waals surface area contributed by atoms with Gasteiger partial charge in [0.1, 0.15) is 6.10 Å². The maximum atomic E-state index is 12.0. The van der Waals surface area contributed by atoms with Crippen LogP contribution in [0.1, 0.15) is 52.5 Å². The number of ketones is 1. The number of allylic oxidation sites excluding steroid dienone is 4. The molecule has 1 atom stereocenters. The van der Waals surface area contributed by atoms with Crippen LogP contribution >= 0.6 is 0 Å². The van der Waals surface area contributed by atoms with Gasteiger partial charge in [-0.3, -0.25) is 4.79 Å². The van der Waals surface area contributed by atoms with Crippen molar-refractivity contribution in [2.45, 2.75) is 59.5 Å². The van der Waals surface area contributed by atoms with Gasteiger partial charge in [0.25, 0.3) is 0 Å². The van der Waals surface area contributed by atoms with Crippen LogP contribution in [0.2, 0.25) is 0 Å². The lowest BCUT2D eigenvalue weighted by Gasteiger charge is -2.06. The molecule has 0 saturated carbocycles. The van der Waals surface area contributed by atoms with Gasteiger partial charge in [-0.05, 0) is 76.7 Å². The second kappa shape index (κ2) is 10.0. The van der Waals surface area contributed by atoms with Crippen molar-refractivity contribution >= 4 is 5.78 Å². The van der Waals surface area contributed by atoms with Crippen molar-refractivity contribution in [3.63, 3.8) is 0 Å². The van der Waals surface area contributed by atoms with Crippen LogP contribution in [0.4, 0.5) is 0 Å². The van der Waals surface area contributed by atoms with E-state index in [1.807, 2.05) is 26.0 Å². The summed E-state index contributed by atoms with van der Waals surface area (Å²) >= 11 is 0. The highest BCUT2D eigenvalue weighted by Crippen LogP contribution is 2.12. The number of furan rings is 1. The van der Waals surface area contributed by atoms with Crippen LogP contribution in [-0.2, 0) is 11.2 Å². The van der Waals surface area contributed by atoms with E-state index >= 15 is 0 Å². The monoisotopic (exact) mass is 316 g/mol. The quantitative estimate of drug-likeness (QED) is 0.527. The number of carbonyl (C=O) groups excluding carboxylic acids is 1. The first kappa shape index (κ1) is 19.2. The maximum Gasteiger partial charge on any atom is 0.190 e. The molecular weight excluding hydrogens is 288 g/mol. The van der Waals surface area contributed by atoms with Crippen molar-refractivity contribution in [1.82, 2.24) is 0 Å². The van der Waals surface area contributed by atoms with Gasteiger partial charge in [-0.2, -0.15) is 0 Å². The van der Waals surface area contributed by atoms with Crippen molar-refractivity contribution in [2.24, 2.45) is 0 Å². The largest absolute Gasteiger partial charge is 0.472 e. The summed E-state index contributed by atoms with van der Waals surface area (Å²) in [5.41, 5.74) is 4.09. The number of Topliss-reactive ketones (excluding diaryl/α,β-unsaturated/α-hetero) is 1. The third kappa shape index (κ3) is 7.80. The van der Waals surface area contributed by atoms with E-state index in [1.165, 1.54) is 11.1 Å². The number of aryl methyl sites for hydroxylation is 1. The van der Waals surface area contributed by atoms with E-state index in [2.05, 4.69) is 13.0 Å². The number of aliphatic hydroxyl groups is 1. The fourth-order valence-corrected chi connectivity index (χ4v) is 2.26. The first-order valence-corrected chi connectivity index (χ1v) is 8.11. The summed E-state index contributed by atoms with van der Waals surface area (Å²) in [5.74, 6) is -0.215. The van der Waals surface area contributed by atoms with Crippen LogP contribution in [0, 0.1) is 0 Å². The SMILES string of the molecule is CC(C)=CC(O)C(=O)C(C)=CCCC(C)=CCCc1ccoc1. The molecule has 0 aliphatic carbocycles. The Labute approximate surface area is 139 Å². The number of carbonyl (C=O) groups is 1. The van der Waals surface area contributed by atoms with E-state index in [4.69, 9.17) is 4.42 Å². The molecule has 126 valence electrons. The summed E-state index contributed by atoms with van der Waals surface area (Å²) in [7, 11) is 0. The predicted molar refractivity (Wildman–Crippen MR) is 94.2 cm³/mol. The normalized spacial score (nSPS) is 13.8. The molecule has 1 unspecified atom stereocenters. The van der Waals surface area contributed by atoms with E-state index in [0.717, 1.165) is 31.3 Å². The molecule has 23 heavy (non-hydrogen) atoms. The van der Waals surface area contributed by atoms with Gasteiger partial charge >= 0.3 is 0 Å². The Balaban J connectivity index is 2.38. The molecule has 0 aliphatic heterocycles. The maximum absolute atomic E-state index is 12.0. The lowest BCUT2D eigenvalue weighted by molar-refractivity contribution is -0.121. The van der Waals surface area contributed by atoms with Gasteiger partial charge in [0.2, 0.25) is 0 Å². The standard InChI is InChI=1S/C20H28O3/c1-15(2)13-19(21)20(22)17(4)9-5-7-16(3)8-6-10-18-11-12-23-14-18/h8-9,11-14,19,21H,5-7,10H2,1-4H3. The van der Waals surface area contributed by atoms with Crippen LogP contribution < -0.4 is 0 Å². The van der Waals surface area contributed by atoms with E-state index in [9.17, 15) is 9.90 Å². The second-order valence-corrected chi connectivity index (χ2v) is 6.20. The molecule has 0 spiro atoms. The molecule has 0 aliphatic rings. The van der Waals surface area contributed by atoms with E-state index in [0.29, 0.717) is 5.57 Å². The highest BCUT2D eigenvalue weighted by molar-refractivity contribution is 5.99. The molecule has 0 fully saturated rings. The van der Waals surface area contributed by atoms with Gasteiger partial charge in [-0.25, -0.2) is 0 Å². The summed E-state index contributed by atoms with van der Waals surface area (Å²) in [6.07, 6.45) is 11.9. The summed E-state index contributed by atoms with van der Waals surface area (Å²) in [5, 5.41) is 9.79. The van der Waals surface area contributed by atoms with Gasteiger partial charge in [0.15, 0.2) is 5.78 Å². The van der Waals surface area contributed by atoms with Crippen molar-refractivity contribution in [3.8, 4) is 0 Å². The van der Waals surface area contributed by atoms with Gasteiger partial charge < -0.3 is 9.52 Å². The third-order valence-electron chi connectivity index (χ3n) is 3.64. The number of hydrogen-bond donors (Lipinski definition) is 1. The second-order valence-electron chi connectivity index (χ2n) is 6.20. The van der Waals surface area contributed by atoms with Crippen molar-refractivity contribution < 1.29 is 14.3 Å². The minimum atomic E-state index is -1.03. The average Bonchev–Trinajstić information content (AvgIpc) is 2.98. The van der Waals surface area contributed by atoms with Crippen molar-refractivity contribution in [2.75, 3.05) is 0 Å². The smallest absolute Gasteiger partial charge is 0.190 e. The summed E-state index contributed by atoms with van der Waals surface area (Å²) in [6.45, 7) is 7.61. The predicted octanol–water partition coefficient (Wildman–Crippen LogP) is 4.78. The van der Waals surface area contributed by atoms with Gasteiger partial charge in [-0.1, -0.05) is 23.3 Å². The van der Waals surface area contributed by atoms with Gasteiger partial charge in [0.05, 0.1) is 12.5 Å². The molecule has 0 radical (unpaired) electrons. The topological polar surface area (TPSA) is 50.4 Å². The molecular formula is C20H28O3. The number of aliphatic hydroxyl groups excluding tert-OH is 1. The molecule has 0 amide bonds. The Bertz CT molecular complexity index is 570. The third-order valence-corrected chi connectivity index (χ3v) is 3.64. The Kier molecular flexibility index (Phi) is 8.35. The molecule has 0 saturated heterocycles. The summed E-state index contributed by atoms with van der Waals surface area (Å²) < 4.78 is 5.04. The molecule has 0 bridgehead atoms. The highest BCUT2D eigenvalue weighted by atomic mass is 16.3. The summed E-state index contributed by atoms with van der Waals surface area (Å²) in [4.78, 5) is 12.0. The molecule has 1 aromatic rings. The highest BCUT2D eigenvalue weighted by Gasteiger charge is 2.13. The molecule has 1 N–H and O–H groups in total. The molecule has 3 nitrogen and oxygen atoms in total. The zero-order valence-electron chi connectivity index (χ0n) is 14.6. The molecule has 3 heteroatoms. The summed E-state index contributed by atoms with van der Waals surface area (Å²) in [6, 6.07) is 1.98. The van der Waals surface area contributed by atoms with Crippen molar-refractivity contribution in [3.05, 3.63) is 59.1 Å². The number of hydrogen-bond acceptors (Lipinski definition) is 3. The fraction of sp³-hybridized carbons (Fsp3) is 0.450. The molecule has 0 aromatic carbocycles. The zero-order chi connectivity index (χ0) is 17.2. The van der Waals surface area contributed by atoms with Crippen LogP contribution in [-0.4, -0.2) is 17.0 Å². The minimum absolute atomic E-state index is 0.215. The van der Waals surface area contributed by atoms with Crippen LogP contribution in [0.25, 0.3) is 0 Å².